The first-order valence-corrected chi connectivity index (χ1v) is 10.7. The predicted octanol–water partition coefficient (Wildman–Crippen LogP) is 2.67. The van der Waals surface area contributed by atoms with Crippen LogP contribution in [0.4, 0.5) is 0 Å². The second-order valence-electron chi connectivity index (χ2n) is 8.39. The number of nitrogens with one attached hydrogen (secondary N) is 2. The first-order chi connectivity index (χ1) is 15.3. The van der Waals surface area contributed by atoms with Crippen molar-refractivity contribution in [3.63, 3.8) is 0 Å². The van der Waals surface area contributed by atoms with Crippen LogP contribution in [0.1, 0.15) is 57.7 Å². The van der Waals surface area contributed by atoms with Gasteiger partial charge in [0.05, 0.1) is 5.56 Å². The Morgan fingerprint density at radius 1 is 1.03 bits per heavy atom. The highest BCUT2D eigenvalue weighted by Gasteiger charge is 2.23. The van der Waals surface area contributed by atoms with Gasteiger partial charge in [-0.15, -0.1) is 0 Å². The minimum atomic E-state index is -0.985. The molecular formula is C24H27N5O3. The molecule has 166 valence electrons. The second kappa shape index (κ2) is 8.84. The average Bonchev–Trinajstić information content (AvgIpc) is 3.13. The second-order valence-corrected chi connectivity index (χ2v) is 8.39. The zero-order chi connectivity index (χ0) is 22.8. The maximum absolute atomic E-state index is 13.2. The van der Waals surface area contributed by atoms with Crippen LogP contribution in [0.2, 0.25) is 0 Å². The largest absolute Gasteiger partial charge is 0.478 e. The van der Waals surface area contributed by atoms with Gasteiger partial charge in [-0.3, -0.25) is 10.2 Å². The third kappa shape index (κ3) is 4.50. The number of nitrogens with two attached hydrogens (primary N) is 2. The van der Waals surface area contributed by atoms with E-state index in [9.17, 15) is 9.59 Å². The van der Waals surface area contributed by atoms with E-state index in [-0.39, 0.29) is 29.4 Å². The van der Waals surface area contributed by atoms with Crippen molar-refractivity contribution in [2.75, 3.05) is 0 Å². The van der Waals surface area contributed by atoms with Crippen LogP contribution < -0.4 is 16.8 Å². The molecule has 4 rings (SSSR count). The molecule has 0 saturated heterocycles. The number of fused-ring (bicyclic) bond motifs is 1. The molecule has 3 aromatic rings. The fraction of sp³-hybridized carbons (Fsp3) is 0.292. The number of rotatable bonds is 6. The molecular weight excluding hydrogens is 406 g/mol. The third-order valence-electron chi connectivity index (χ3n) is 6.10. The molecule has 1 fully saturated rings. The van der Waals surface area contributed by atoms with E-state index >= 15 is 0 Å². The Hall–Kier alpha value is -3.65. The lowest BCUT2D eigenvalue weighted by molar-refractivity contribution is 0.0696. The minimum absolute atomic E-state index is 0.0463. The summed E-state index contributed by atoms with van der Waals surface area (Å²) in [7, 11) is 0. The van der Waals surface area contributed by atoms with Gasteiger partial charge in [-0.05, 0) is 55.5 Å². The molecule has 8 nitrogen and oxygen atoms in total. The molecule has 7 N–H and O–H groups in total. The molecule has 0 aliphatic heterocycles. The number of amidine groups is 1. The van der Waals surface area contributed by atoms with Gasteiger partial charge in [0.15, 0.2) is 0 Å². The van der Waals surface area contributed by atoms with Crippen LogP contribution in [-0.2, 0) is 6.54 Å². The normalized spacial score (nSPS) is 18.4. The van der Waals surface area contributed by atoms with E-state index < -0.39 is 5.97 Å². The molecule has 1 heterocycles. The SMILES string of the molecule is N=C(N)c1ccc2cc(C(=O)N[C@H]3CC[C@H](N)CC3)n(Cc3ccc(C(=O)O)cc3)c2c1. The molecule has 0 radical (unpaired) electrons. The maximum Gasteiger partial charge on any atom is 0.335 e. The Kier molecular flexibility index (Phi) is 5.96. The molecule has 1 aromatic heterocycles. The van der Waals surface area contributed by atoms with Crippen molar-refractivity contribution in [1.82, 2.24) is 9.88 Å². The lowest BCUT2D eigenvalue weighted by Crippen LogP contribution is -2.41. The van der Waals surface area contributed by atoms with Crippen molar-refractivity contribution >= 4 is 28.6 Å². The summed E-state index contributed by atoms with van der Waals surface area (Å²) in [6, 6.07) is 14.2. The zero-order valence-corrected chi connectivity index (χ0v) is 17.7. The van der Waals surface area contributed by atoms with E-state index in [2.05, 4.69) is 5.32 Å². The summed E-state index contributed by atoms with van der Waals surface area (Å²) in [4.78, 5) is 24.4. The van der Waals surface area contributed by atoms with Crippen molar-refractivity contribution in [2.45, 2.75) is 44.3 Å². The van der Waals surface area contributed by atoms with Crippen molar-refractivity contribution in [3.8, 4) is 0 Å². The van der Waals surface area contributed by atoms with Gasteiger partial charge >= 0.3 is 5.97 Å². The molecule has 8 heteroatoms. The van der Waals surface area contributed by atoms with Gasteiger partial charge < -0.3 is 26.5 Å². The summed E-state index contributed by atoms with van der Waals surface area (Å²) in [6.07, 6.45) is 3.51. The molecule has 1 aliphatic rings. The number of carboxylic acids is 1. The number of nitrogen functional groups attached to an aromatic ring is 1. The van der Waals surface area contributed by atoms with Gasteiger partial charge in [0.25, 0.3) is 5.91 Å². The van der Waals surface area contributed by atoms with E-state index in [1.165, 1.54) is 0 Å². The highest BCUT2D eigenvalue weighted by Crippen LogP contribution is 2.24. The summed E-state index contributed by atoms with van der Waals surface area (Å²) in [5.74, 6) is -1.19. The fourth-order valence-electron chi connectivity index (χ4n) is 4.24. The smallest absolute Gasteiger partial charge is 0.335 e. The number of hydrogen-bond donors (Lipinski definition) is 5. The van der Waals surface area contributed by atoms with E-state index in [4.69, 9.17) is 22.0 Å². The van der Waals surface area contributed by atoms with Gasteiger partial charge in [0.1, 0.15) is 11.5 Å². The Balaban J connectivity index is 1.69. The van der Waals surface area contributed by atoms with Gasteiger partial charge in [-0.1, -0.05) is 24.3 Å². The molecule has 2 aromatic carbocycles. The molecule has 1 saturated carbocycles. The van der Waals surface area contributed by atoms with E-state index in [1.54, 1.807) is 36.4 Å². The van der Waals surface area contributed by atoms with Crippen LogP contribution in [0.5, 0.6) is 0 Å². The number of benzene rings is 2. The number of carboxylic acid groups (broad SMARTS) is 1. The van der Waals surface area contributed by atoms with Crippen LogP contribution in [0.3, 0.4) is 0 Å². The first-order valence-electron chi connectivity index (χ1n) is 10.7. The molecule has 32 heavy (non-hydrogen) atoms. The lowest BCUT2D eigenvalue weighted by Gasteiger charge is -2.27. The van der Waals surface area contributed by atoms with Crippen LogP contribution in [0.25, 0.3) is 10.9 Å². The Labute approximate surface area is 185 Å². The lowest BCUT2D eigenvalue weighted by atomic mass is 9.92. The van der Waals surface area contributed by atoms with Gasteiger partial charge in [0.2, 0.25) is 0 Å². The fourth-order valence-corrected chi connectivity index (χ4v) is 4.24. The number of aromatic carboxylic acids is 1. The van der Waals surface area contributed by atoms with Gasteiger partial charge in [0, 0.05) is 35.1 Å². The molecule has 0 atom stereocenters. The van der Waals surface area contributed by atoms with E-state index in [0.29, 0.717) is 17.8 Å². The summed E-state index contributed by atoms with van der Waals surface area (Å²) in [5.41, 5.74) is 14.6. The van der Waals surface area contributed by atoms with Crippen molar-refractivity contribution in [3.05, 3.63) is 70.9 Å². The minimum Gasteiger partial charge on any atom is -0.478 e. The molecule has 0 unspecified atom stereocenters. The summed E-state index contributed by atoms with van der Waals surface area (Å²) >= 11 is 0. The summed E-state index contributed by atoms with van der Waals surface area (Å²) < 4.78 is 1.89. The van der Waals surface area contributed by atoms with Crippen molar-refractivity contribution in [1.29, 1.82) is 5.41 Å². The van der Waals surface area contributed by atoms with Crippen molar-refractivity contribution < 1.29 is 14.7 Å². The van der Waals surface area contributed by atoms with Crippen LogP contribution in [0, 0.1) is 5.41 Å². The topological polar surface area (TPSA) is 147 Å². The third-order valence-corrected chi connectivity index (χ3v) is 6.10. The zero-order valence-electron chi connectivity index (χ0n) is 17.7. The average molecular weight is 434 g/mol. The number of nitrogens with zero attached hydrogens (tertiary/aromatic N) is 1. The number of carbonyl (C=O) groups is 2. The monoisotopic (exact) mass is 433 g/mol. The van der Waals surface area contributed by atoms with Crippen LogP contribution >= 0.6 is 0 Å². The molecule has 0 spiro atoms. The highest BCUT2D eigenvalue weighted by atomic mass is 16.4. The maximum atomic E-state index is 13.2. The Morgan fingerprint density at radius 3 is 2.31 bits per heavy atom. The molecule has 1 aliphatic carbocycles. The van der Waals surface area contributed by atoms with E-state index in [0.717, 1.165) is 42.1 Å². The van der Waals surface area contributed by atoms with Crippen LogP contribution in [0.15, 0.2) is 48.5 Å². The molecule has 0 bridgehead atoms. The quantitative estimate of drug-likeness (QED) is 0.299. The number of carbonyl (C=O) groups excluding carboxylic acids is 1. The Morgan fingerprint density at radius 2 is 1.69 bits per heavy atom. The molecule has 1 amide bonds. The van der Waals surface area contributed by atoms with E-state index in [1.807, 2.05) is 16.7 Å². The number of amides is 1. The number of hydrogen-bond acceptors (Lipinski definition) is 4. The van der Waals surface area contributed by atoms with Crippen LogP contribution in [-0.4, -0.2) is 39.5 Å². The summed E-state index contributed by atoms with van der Waals surface area (Å²) in [5, 5.41) is 20.9. The standard InChI is InChI=1S/C24H27N5O3/c25-18-7-9-19(10-8-18)28-23(30)21-11-16-5-6-17(22(26)27)12-20(16)29(21)13-14-1-3-15(4-2-14)24(31)32/h1-6,11-12,18-19H,7-10,13,25H2,(H3,26,27)(H,28,30)(H,31,32)/t18-,19-. The van der Waals surface area contributed by atoms with Crippen molar-refractivity contribution in [2.24, 2.45) is 11.5 Å². The Bertz CT molecular complexity index is 1170. The van der Waals surface area contributed by atoms with Gasteiger partial charge in [-0.2, -0.15) is 0 Å². The highest BCUT2D eigenvalue weighted by molar-refractivity contribution is 6.02. The predicted molar refractivity (Wildman–Crippen MR) is 123 cm³/mol. The number of aromatic nitrogens is 1. The summed E-state index contributed by atoms with van der Waals surface area (Å²) in [6.45, 7) is 0.378. The first kappa shape index (κ1) is 21.6. The van der Waals surface area contributed by atoms with Gasteiger partial charge in [-0.25, -0.2) is 4.79 Å².